The molecule has 5 nitrogen and oxygen atoms in total. The number of amides is 3. The lowest BCUT2D eigenvalue weighted by Gasteiger charge is -2.27. The highest BCUT2D eigenvalue weighted by atomic mass is 16.2. The highest BCUT2D eigenvalue weighted by molar-refractivity contribution is 6.00. The molecule has 1 aliphatic heterocycles. The summed E-state index contributed by atoms with van der Waals surface area (Å²) in [5.41, 5.74) is 3.19. The van der Waals surface area contributed by atoms with Gasteiger partial charge in [0.05, 0.1) is 0 Å². The molecule has 0 unspecified atom stereocenters. The zero-order chi connectivity index (χ0) is 20.1. The van der Waals surface area contributed by atoms with Crippen LogP contribution in [-0.2, 0) is 17.6 Å². The molecule has 2 aromatic rings. The molecule has 2 N–H and O–H groups in total. The minimum absolute atomic E-state index is 0.0439. The van der Waals surface area contributed by atoms with Crippen LogP contribution in [0.25, 0.3) is 0 Å². The van der Waals surface area contributed by atoms with Crippen LogP contribution in [0.1, 0.15) is 43.2 Å². The maximum atomic E-state index is 13.4. The molecule has 3 amide bonds. The first-order chi connectivity index (χ1) is 14.2. The number of rotatable bonds is 5. The standard InChI is InChI=1S/C24H29N3O2/c28-23(27-16-15-19-11-7-8-14-22(19)27)21(17-18-9-3-1-4-10-18)26-24(29)25-20-12-5-2-6-13-20/h1,3-4,7-11,14,20-21H,2,5-6,12-13,15-17H2,(H2,25,26,29)/t21-/m1/s1. The molecule has 152 valence electrons. The van der Waals surface area contributed by atoms with Gasteiger partial charge in [-0.05, 0) is 36.5 Å². The molecule has 2 aliphatic rings. The first kappa shape index (κ1) is 19.5. The molecule has 1 saturated carbocycles. The number of benzene rings is 2. The molecule has 0 spiro atoms. The van der Waals surface area contributed by atoms with Crippen LogP contribution in [0.5, 0.6) is 0 Å². The Kier molecular flexibility index (Phi) is 6.13. The Morgan fingerprint density at radius 1 is 0.966 bits per heavy atom. The van der Waals surface area contributed by atoms with Crippen molar-refractivity contribution in [3.05, 3.63) is 65.7 Å². The first-order valence-electron chi connectivity index (χ1n) is 10.7. The summed E-state index contributed by atoms with van der Waals surface area (Å²) in [6, 6.07) is 17.3. The lowest BCUT2D eigenvalue weighted by atomic mass is 9.96. The van der Waals surface area contributed by atoms with E-state index in [-0.39, 0.29) is 18.0 Å². The molecule has 4 rings (SSSR count). The Hall–Kier alpha value is -2.82. The molecule has 1 aliphatic carbocycles. The van der Waals surface area contributed by atoms with E-state index in [0.717, 1.165) is 43.4 Å². The van der Waals surface area contributed by atoms with E-state index in [0.29, 0.717) is 13.0 Å². The van der Waals surface area contributed by atoms with E-state index >= 15 is 0 Å². The van der Waals surface area contributed by atoms with Gasteiger partial charge in [0.2, 0.25) is 5.91 Å². The number of urea groups is 1. The molecule has 1 heterocycles. The monoisotopic (exact) mass is 391 g/mol. The van der Waals surface area contributed by atoms with Gasteiger partial charge >= 0.3 is 6.03 Å². The predicted molar refractivity (Wildman–Crippen MR) is 115 cm³/mol. The average Bonchev–Trinajstić information content (AvgIpc) is 3.18. The molecule has 0 aromatic heterocycles. The summed E-state index contributed by atoms with van der Waals surface area (Å²) < 4.78 is 0. The van der Waals surface area contributed by atoms with Gasteiger partial charge in [-0.3, -0.25) is 4.79 Å². The zero-order valence-electron chi connectivity index (χ0n) is 16.8. The molecule has 1 atom stereocenters. The van der Waals surface area contributed by atoms with Crippen LogP contribution in [0.15, 0.2) is 54.6 Å². The van der Waals surface area contributed by atoms with Gasteiger partial charge < -0.3 is 15.5 Å². The van der Waals surface area contributed by atoms with Crippen molar-refractivity contribution in [3.63, 3.8) is 0 Å². The van der Waals surface area contributed by atoms with E-state index in [1.807, 2.05) is 53.4 Å². The van der Waals surface area contributed by atoms with Crippen molar-refractivity contribution in [3.8, 4) is 0 Å². The number of hydrogen-bond acceptors (Lipinski definition) is 2. The van der Waals surface area contributed by atoms with E-state index in [9.17, 15) is 9.59 Å². The van der Waals surface area contributed by atoms with Gasteiger partial charge in [-0.2, -0.15) is 0 Å². The van der Waals surface area contributed by atoms with E-state index < -0.39 is 6.04 Å². The normalized spacial score (nSPS) is 17.4. The second-order valence-corrected chi connectivity index (χ2v) is 8.06. The van der Waals surface area contributed by atoms with Crippen LogP contribution in [0.2, 0.25) is 0 Å². The lowest BCUT2D eigenvalue weighted by Crippen LogP contribution is -2.53. The molecule has 2 aromatic carbocycles. The fraction of sp³-hybridized carbons (Fsp3) is 0.417. The molecule has 1 fully saturated rings. The maximum absolute atomic E-state index is 13.4. The number of nitrogens with one attached hydrogen (secondary N) is 2. The van der Waals surface area contributed by atoms with Gasteiger partial charge in [0.15, 0.2) is 0 Å². The lowest BCUT2D eigenvalue weighted by molar-refractivity contribution is -0.120. The Bertz CT molecular complexity index is 846. The largest absolute Gasteiger partial charge is 0.335 e. The number of carbonyl (C=O) groups excluding carboxylic acids is 2. The van der Waals surface area contributed by atoms with Crippen LogP contribution < -0.4 is 15.5 Å². The van der Waals surface area contributed by atoms with Crippen molar-refractivity contribution in [2.45, 2.75) is 57.0 Å². The summed E-state index contributed by atoms with van der Waals surface area (Å²) >= 11 is 0. The van der Waals surface area contributed by atoms with E-state index in [4.69, 9.17) is 0 Å². The summed E-state index contributed by atoms with van der Waals surface area (Å²) in [4.78, 5) is 27.9. The van der Waals surface area contributed by atoms with E-state index in [1.54, 1.807) is 0 Å². The van der Waals surface area contributed by atoms with Crippen LogP contribution in [0.4, 0.5) is 10.5 Å². The second kappa shape index (κ2) is 9.12. The fourth-order valence-corrected chi connectivity index (χ4v) is 4.44. The summed E-state index contributed by atoms with van der Waals surface area (Å²) in [6.07, 6.45) is 6.92. The van der Waals surface area contributed by atoms with Crippen molar-refractivity contribution in [2.24, 2.45) is 0 Å². The molecule has 5 heteroatoms. The summed E-state index contributed by atoms with van der Waals surface area (Å²) in [6.45, 7) is 0.662. The molecule has 0 bridgehead atoms. The SMILES string of the molecule is O=C(NC1CCCCC1)N[C@H](Cc1ccccc1)C(=O)N1CCc2ccccc21. The van der Waals surface area contributed by atoms with Crippen molar-refractivity contribution < 1.29 is 9.59 Å². The molecule has 29 heavy (non-hydrogen) atoms. The number of carbonyl (C=O) groups is 2. The van der Waals surface area contributed by atoms with Crippen LogP contribution >= 0.6 is 0 Å². The molecule has 0 radical (unpaired) electrons. The number of nitrogens with zero attached hydrogens (tertiary/aromatic N) is 1. The smallest absolute Gasteiger partial charge is 0.315 e. The molecular weight excluding hydrogens is 362 g/mol. The second-order valence-electron chi connectivity index (χ2n) is 8.06. The van der Waals surface area contributed by atoms with Gasteiger partial charge in [-0.25, -0.2) is 4.79 Å². The van der Waals surface area contributed by atoms with Gasteiger partial charge in [-0.1, -0.05) is 67.8 Å². The number of fused-ring (bicyclic) bond motifs is 1. The number of hydrogen-bond donors (Lipinski definition) is 2. The quantitative estimate of drug-likeness (QED) is 0.814. The summed E-state index contributed by atoms with van der Waals surface area (Å²) in [5.74, 6) is -0.0439. The predicted octanol–water partition coefficient (Wildman–Crippen LogP) is 3.82. The minimum atomic E-state index is -0.591. The van der Waals surface area contributed by atoms with Gasteiger partial charge in [0.1, 0.15) is 6.04 Å². The van der Waals surface area contributed by atoms with Crippen molar-refractivity contribution in [1.82, 2.24) is 10.6 Å². The Morgan fingerprint density at radius 2 is 1.69 bits per heavy atom. The Labute approximate surface area is 172 Å². The Morgan fingerprint density at radius 3 is 2.48 bits per heavy atom. The Balaban J connectivity index is 1.49. The van der Waals surface area contributed by atoms with Crippen molar-refractivity contribution >= 4 is 17.6 Å². The third-order valence-electron chi connectivity index (χ3n) is 5.98. The fourth-order valence-electron chi connectivity index (χ4n) is 4.44. The topological polar surface area (TPSA) is 61.4 Å². The minimum Gasteiger partial charge on any atom is -0.335 e. The van der Waals surface area contributed by atoms with Gasteiger partial charge in [-0.15, -0.1) is 0 Å². The van der Waals surface area contributed by atoms with E-state index in [2.05, 4.69) is 16.7 Å². The number of anilines is 1. The highest BCUT2D eigenvalue weighted by Gasteiger charge is 2.31. The number of para-hydroxylation sites is 1. The van der Waals surface area contributed by atoms with Gasteiger partial charge in [0, 0.05) is 24.7 Å². The third-order valence-corrected chi connectivity index (χ3v) is 5.98. The molecule has 0 saturated heterocycles. The summed E-state index contributed by atoms with van der Waals surface area (Å²) in [5, 5.41) is 6.06. The zero-order valence-corrected chi connectivity index (χ0v) is 16.8. The van der Waals surface area contributed by atoms with Crippen LogP contribution in [0.3, 0.4) is 0 Å². The maximum Gasteiger partial charge on any atom is 0.315 e. The summed E-state index contributed by atoms with van der Waals surface area (Å²) in [7, 11) is 0. The average molecular weight is 392 g/mol. The van der Waals surface area contributed by atoms with Crippen LogP contribution in [-0.4, -0.2) is 30.6 Å². The van der Waals surface area contributed by atoms with Crippen LogP contribution in [0, 0.1) is 0 Å². The van der Waals surface area contributed by atoms with Crippen molar-refractivity contribution in [2.75, 3.05) is 11.4 Å². The van der Waals surface area contributed by atoms with Gasteiger partial charge in [0.25, 0.3) is 0 Å². The highest BCUT2D eigenvalue weighted by Crippen LogP contribution is 2.28. The molecular formula is C24H29N3O2. The van der Waals surface area contributed by atoms with E-state index in [1.165, 1.54) is 12.0 Å². The third kappa shape index (κ3) is 4.78. The first-order valence-corrected chi connectivity index (χ1v) is 10.7. The van der Waals surface area contributed by atoms with Crippen molar-refractivity contribution in [1.29, 1.82) is 0 Å².